The van der Waals surface area contributed by atoms with Crippen LogP contribution in [0, 0.1) is 0 Å². The second kappa shape index (κ2) is 13.4. The van der Waals surface area contributed by atoms with Crippen molar-refractivity contribution in [2.75, 3.05) is 46.1 Å². The quantitative estimate of drug-likeness (QED) is 0.467. The van der Waals surface area contributed by atoms with Gasteiger partial charge in [-0.2, -0.15) is 0 Å². The van der Waals surface area contributed by atoms with Crippen molar-refractivity contribution in [1.29, 1.82) is 0 Å². The van der Waals surface area contributed by atoms with Gasteiger partial charge in [-0.3, -0.25) is 14.6 Å². The molecule has 8 heteroatoms. The number of nitrogens with one attached hydrogen (secondary N) is 2. The van der Waals surface area contributed by atoms with Crippen LogP contribution in [0.5, 0.6) is 0 Å². The summed E-state index contributed by atoms with van der Waals surface area (Å²) in [6, 6.07) is 8.07. The van der Waals surface area contributed by atoms with E-state index in [-0.39, 0.29) is 24.3 Å². The average molecular weight is 467 g/mol. The van der Waals surface area contributed by atoms with E-state index < -0.39 is 0 Å². The Kier molecular flexibility index (Phi) is 10.7. The Morgan fingerprint density at radius 1 is 1.12 bits per heavy atom. The number of hydrogen-bond acceptors (Lipinski definition) is 6. The maximum absolute atomic E-state index is 12.3. The molecule has 2 aromatic rings. The molecule has 0 radical (unpaired) electrons. The van der Waals surface area contributed by atoms with Crippen LogP contribution in [0.15, 0.2) is 42.6 Å². The lowest BCUT2D eigenvalue weighted by Gasteiger charge is -2.18. The van der Waals surface area contributed by atoms with E-state index in [0.717, 1.165) is 41.3 Å². The van der Waals surface area contributed by atoms with Crippen molar-refractivity contribution in [3.05, 3.63) is 59.6 Å². The van der Waals surface area contributed by atoms with Crippen LogP contribution in [-0.4, -0.2) is 72.4 Å². The molecule has 0 saturated heterocycles. The highest BCUT2D eigenvalue weighted by molar-refractivity contribution is 5.91. The van der Waals surface area contributed by atoms with Crippen LogP contribution in [0.3, 0.4) is 0 Å². The minimum atomic E-state index is -0.190. The molecule has 34 heavy (non-hydrogen) atoms. The highest BCUT2D eigenvalue weighted by Crippen LogP contribution is 2.21. The lowest BCUT2D eigenvalue weighted by atomic mass is 10.0. The Labute approximate surface area is 203 Å². The molecule has 0 aliphatic carbocycles. The summed E-state index contributed by atoms with van der Waals surface area (Å²) >= 11 is 0. The number of nitrogens with zero attached hydrogens (tertiary/aromatic N) is 4. The van der Waals surface area contributed by atoms with Crippen molar-refractivity contribution in [3.8, 4) is 0 Å². The molecule has 0 spiro atoms. The number of aromatic nitrogens is 2. The molecule has 184 valence electrons. The van der Waals surface area contributed by atoms with Gasteiger partial charge in [0.05, 0.1) is 24.1 Å². The summed E-state index contributed by atoms with van der Waals surface area (Å²) in [5, 5.41) is 6.27. The average Bonchev–Trinajstić information content (AvgIpc) is 2.82. The van der Waals surface area contributed by atoms with Crippen LogP contribution < -0.4 is 10.6 Å². The van der Waals surface area contributed by atoms with Gasteiger partial charge in [0, 0.05) is 31.9 Å². The number of likely N-dealkylation sites (N-methyl/N-ethyl adjacent to an activating group) is 2. The van der Waals surface area contributed by atoms with E-state index in [4.69, 9.17) is 4.98 Å². The molecular weight excluding hydrogens is 428 g/mol. The number of rotatable bonds is 12. The lowest BCUT2D eigenvalue weighted by molar-refractivity contribution is -0.131. The summed E-state index contributed by atoms with van der Waals surface area (Å²) in [6.45, 7) is 7.40. The first kappa shape index (κ1) is 27.0. The number of benzene rings is 1. The fraction of sp³-hybridized carbons (Fsp3) is 0.462. The van der Waals surface area contributed by atoms with Gasteiger partial charge in [-0.05, 0) is 50.6 Å². The number of carbonyl (C=O) groups excluding carboxylic acids is 2. The van der Waals surface area contributed by atoms with Crippen LogP contribution in [0.2, 0.25) is 0 Å². The van der Waals surface area contributed by atoms with Gasteiger partial charge in [-0.25, -0.2) is 4.98 Å². The zero-order valence-corrected chi connectivity index (χ0v) is 21.3. The molecule has 0 bridgehead atoms. The first-order valence-corrected chi connectivity index (χ1v) is 11.8. The lowest BCUT2D eigenvalue weighted by Crippen LogP contribution is -2.39. The molecule has 2 N–H and O–H groups in total. The normalized spacial score (nSPS) is 12.1. The van der Waals surface area contributed by atoms with Crippen molar-refractivity contribution < 1.29 is 9.59 Å². The monoisotopic (exact) mass is 466 g/mol. The molecule has 2 amide bonds. The molecule has 0 fully saturated rings. The van der Waals surface area contributed by atoms with Gasteiger partial charge in [0.15, 0.2) is 0 Å². The Balaban J connectivity index is 1.90. The first-order valence-electron chi connectivity index (χ1n) is 11.8. The van der Waals surface area contributed by atoms with E-state index in [0.29, 0.717) is 13.1 Å². The van der Waals surface area contributed by atoms with Crippen LogP contribution in [0.25, 0.3) is 0 Å². The van der Waals surface area contributed by atoms with Crippen LogP contribution in [0.4, 0.5) is 11.5 Å². The largest absolute Gasteiger partial charge is 0.354 e. The Hall–Kier alpha value is -3.26. The second-order valence-electron chi connectivity index (χ2n) is 8.67. The van der Waals surface area contributed by atoms with E-state index in [1.54, 1.807) is 19.3 Å². The van der Waals surface area contributed by atoms with Gasteiger partial charge in [0.1, 0.15) is 5.82 Å². The van der Waals surface area contributed by atoms with E-state index >= 15 is 0 Å². The molecule has 0 unspecified atom stereocenters. The third kappa shape index (κ3) is 8.59. The Morgan fingerprint density at radius 2 is 1.85 bits per heavy atom. The molecule has 8 nitrogen and oxygen atoms in total. The standard InChI is InChI=1S/C26H38N6O2/c1-7-22-23(8-2)30-24(17-27-22)29-21-12-9-11-20(15-21)19(3)16-28-25(33)18-32(6)26(34)13-10-14-31(4)5/h9-13,15,17,19H,7-8,14,16,18H2,1-6H3,(H,28,33)(H,29,30)/b13-10+/t19-/m0/s1. The van der Waals surface area contributed by atoms with Crippen molar-refractivity contribution in [2.45, 2.75) is 39.5 Å². The number of amides is 2. The molecule has 2 rings (SSSR count). The topological polar surface area (TPSA) is 90.5 Å². The summed E-state index contributed by atoms with van der Waals surface area (Å²) < 4.78 is 0. The number of hydrogen-bond donors (Lipinski definition) is 2. The minimum Gasteiger partial charge on any atom is -0.354 e. The highest BCUT2D eigenvalue weighted by atomic mass is 16.2. The fourth-order valence-electron chi connectivity index (χ4n) is 3.39. The summed E-state index contributed by atoms with van der Waals surface area (Å²) in [6.07, 6.45) is 6.76. The zero-order valence-electron chi connectivity index (χ0n) is 21.3. The molecule has 1 heterocycles. The van der Waals surface area contributed by atoms with Crippen LogP contribution in [0.1, 0.15) is 43.6 Å². The number of aryl methyl sites for hydroxylation is 2. The molecule has 1 aromatic carbocycles. The summed E-state index contributed by atoms with van der Waals surface area (Å²) in [5.74, 6) is 0.451. The van der Waals surface area contributed by atoms with Crippen molar-refractivity contribution >= 4 is 23.3 Å². The third-order valence-corrected chi connectivity index (χ3v) is 5.42. The molecule has 0 saturated carbocycles. The molecule has 0 aliphatic heterocycles. The Morgan fingerprint density at radius 3 is 2.53 bits per heavy atom. The second-order valence-corrected chi connectivity index (χ2v) is 8.67. The van der Waals surface area contributed by atoms with E-state index in [1.165, 1.54) is 11.0 Å². The maximum atomic E-state index is 12.3. The van der Waals surface area contributed by atoms with E-state index in [2.05, 4.69) is 42.5 Å². The summed E-state index contributed by atoms with van der Waals surface area (Å²) in [5.41, 5.74) is 4.06. The summed E-state index contributed by atoms with van der Waals surface area (Å²) in [4.78, 5) is 37.0. The zero-order chi connectivity index (χ0) is 25.1. The highest BCUT2D eigenvalue weighted by Gasteiger charge is 2.13. The molecule has 1 atom stereocenters. The number of carbonyl (C=O) groups is 2. The minimum absolute atomic E-state index is 0.0195. The van der Waals surface area contributed by atoms with Gasteiger partial charge in [-0.15, -0.1) is 0 Å². The fourth-order valence-corrected chi connectivity index (χ4v) is 3.39. The van der Waals surface area contributed by atoms with E-state index in [1.807, 2.05) is 37.2 Å². The molecule has 1 aromatic heterocycles. The van der Waals surface area contributed by atoms with Crippen molar-refractivity contribution in [3.63, 3.8) is 0 Å². The molecule has 0 aliphatic rings. The van der Waals surface area contributed by atoms with E-state index in [9.17, 15) is 9.59 Å². The van der Waals surface area contributed by atoms with Crippen molar-refractivity contribution in [1.82, 2.24) is 25.1 Å². The third-order valence-electron chi connectivity index (χ3n) is 5.42. The first-order chi connectivity index (χ1) is 16.2. The molecular formula is C26H38N6O2. The predicted molar refractivity (Wildman–Crippen MR) is 137 cm³/mol. The smallest absolute Gasteiger partial charge is 0.246 e. The van der Waals surface area contributed by atoms with Crippen LogP contribution in [-0.2, 0) is 22.4 Å². The Bertz CT molecular complexity index is 989. The van der Waals surface area contributed by atoms with Gasteiger partial charge < -0.3 is 20.4 Å². The van der Waals surface area contributed by atoms with Gasteiger partial charge in [0.25, 0.3) is 0 Å². The predicted octanol–water partition coefficient (Wildman–Crippen LogP) is 3.14. The van der Waals surface area contributed by atoms with Crippen molar-refractivity contribution in [2.24, 2.45) is 0 Å². The van der Waals surface area contributed by atoms with Crippen LogP contribution >= 0.6 is 0 Å². The van der Waals surface area contributed by atoms with Gasteiger partial charge in [0.2, 0.25) is 11.8 Å². The SMILES string of the molecule is CCc1ncc(Nc2cccc([C@@H](C)CNC(=O)CN(C)C(=O)/C=C/CN(C)C)c2)nc1CC. The van der Waals surface area contributed by atoms with Gasteiger partial charge in [-0.1, -0.05) is 39.0 Å². The van der Waals surface area contributed by atoms with Gasteiger partial charge >= 0.3 is 0 Å². The summed E-state index contributed by atoms with van der Waals surface area (Å²) in [7, 11) is 5.48. The maximum Gasteiger partial charge on any atom is 0.246 e. The number of anilines is 2.